The van der Waals surface area contributed by atoms with Crippen molar-refractivity contribution in [2.75, 3.05) is 38.3 Å². The number of nitrogens with zero attached hydrogens (tertiary/aromatic N) is 2. The van der Waals surface area contributed by atoms with Gasteiger partial charge in [0.25, 0.3) is 11.5 Å². The molecular formula is C27H36N4O3. The van der Waals surface area contributed by atoms with Crippen LogP contribution in [0.3, 0.4) is 0 Å². The number of ether oxygens (including phenoxy) is 1. The number of fused-ring (bicyclic) bond motifs is 2. The van der Waals surface area contributed by atoms with Crippen LogP contribution in [0.15, 0.2) is 41.2 Å². The predicted octanol–water partition coefficient (Wildman–Crippen LogP) is 3.16. The lowest BCUT2D eigenvalue weighted by Gasteiger charge is -2.37. The Balaban J connectivity index is 1.73. The number of allylic oxidation sites excluding steroid dienone is 1. The Kier molecular flexibility index (Phi) is 7.85. The molecule has 1 aromatic heterocycles. The summed E-state index contributed by atoms with van der Waals surface area (Å²) < 4.78 is 5.59. The highest BCUT2D eigenvalue weighted by Crippen LogP contribution is 2.30. The van der Waals surface area contributed by atoms with Crippen LogP contribution in [0.4, 0.5) is 5.69 Å². The second-order valence-electron chi connectivity index (χ2n) is 9.27. The minimum Gasteiger partial charge on any atom is -0.381 e. The standard InChI is InChI=1S/C27H36N4O3/c1-4-31(21-11-14-34-15-12-21)25-10-7-9-23-22(25)8-5-6-13-30(3)18-20-16-19(2)29-27(33)24(20)17-28-26(23)32/h5-7,9-10,16,21H,4,8,11-15,17-18H2,1-3H3,(H,28,32)(H,29,33)/b6-5-. The van der Waals surface area contributed by atoms with Crippen LogP contribution in [0.25, 0.3) is 0 Å². The van der Waals surface area contributed by atoms with E-state index in [1.807, 2.05) is 32.2 Å². The highest BCUT2D eigenvalue weighted by Gasteiger charge is 2.25. The number of rotatable bonds is 3. The molecule has 1 aromatic carbocycles. The van der Waals surface area contributed by atoms with Crippen molar-refractivity contribution in [3.63, 3.8) is 0 Å². The summed E-state index contributed by atoms with van der Waals surface area (Å²) >= 11 is 0. The van der Waals surface area contributed by atoms with Gasteiger partial charge in [0.05, 0.1) is 0 Å². The summed E-state index contributed by atoms with van der Waals surface area (Å²) in [5.74, 6) is -0.146. The molecule has 0 aliphatic carbocycles. The first-order valence-corrected chi connectivity index (χ1v) is 12.3. The summed E-state index contributed by atoms with van der Waals surface area (Å²) in [4.78, 5) is 33.6. The number of carbonyl (C=O) groups excluding carboxylic acids is 1. The number of carbonyl (C=O) groups is 1. The molecule has 0 saturated carbocycles. The van der Waals surface area contributed by atoms with Crippen LogP contribution in [-0.4, -0.2) is 55.2 Å². The van der Waals surface area contributed by atoms with E-state index in [0.717, 1.165) is 61.7 Å². The average molecular weight is 465 g/mol. The number of aromatic amines is 1. The van der Waals surface area contributed by atoms with E-state index in [4.69, 9.17) is 4.74 Å². The maximum absolute atomic E-state index is 13.4. The average Bonchev–Trinajstić information content (AvgIpc) is 2.83. The maximum atomic E-state index is 13.4. The van der Waals surface area contributed by atoms with Gasteiger partial charge in [0.2, 0.25) is 0 Å². The number of hydrogen-bond donors (Lipinski definition) is 2. The third-order valence-electron chi connectivity index (χ3n) is 6.81. The van der Waals surface area contributed by atoms with Crippen molar-refractivity contribution in [1.29, 1.82) is 0 Å². The molecule has 0 atom stereocenters. The molecule has 7 heteroatoms. The minimum atomic E-state index is -0.146. The first kappa shape index (κ1) is 24.2. The van der Waals surface area contributed by atoms with Crippen molar-refractivity contribution in [2.45, 2.75) is 52.2 Å². The molecule has 182 valence electrons. The molecule has 1 fully saturated rings. The van der Waals surface area contributed by atoms with Gasteiger partial charge in [-0.25, -0.2) is 0 Å². The molecule has 2 aliphatic rings. The van der Waals surface area contributed by atoms with E-state index in [1.54, 1.807) is 0 Å². The van der Waals surface area contributed by atoms with Gasteiger partial charge in [0.1, 0.15) is 0 Å². The molecule has 7 nitrogen and oxygen atoms in total. The topological polar surface area (TPSA) is 77.7 Å². The monoisotopic (exact) mass is 464 g/mol. The number of H-pyrrole nitrogens is 1. The van der Waals surface area contributed by atoms with Crippen molar-refractivity contribution in [1.82, 2.24) is 15.2 Å². The third-order valence-corrected chi connectivity index (χ3v) is 6.81. The molecule has 34 heavy (non-hydrogen) atoms. The number of amides is 1. The number of likely N-dealkylation sites (N-methyl/N-ethyl adjacent to an activating group) is 1. The van der Waals surface area contributed by atoms with E-state index >= 15 is 0 Å². The molecule has 2 aliphatic heterocycles. The number of aryl methyl sites for hydroxylation is 1. The Morgan fingerprint density at radius 3 is 2.71 bits per heavy atom. The van der Waals surface area contributed by atoms with Crippen LogP contribution < -0.4 is 15.8 Å². The molecule has 2 N–H and O–H groups in total. The van der Waals surface area contributed by atoms with Crippen LogP contribution in [0.1, 0.15) is 52.5 Å². The van der Waals surface area contributed by atoms with Crippen LogP contribution in [-0.2, 0) is 24.2 Å². The summed E-state index contributed by atoms with van der Waals surface area (Å²) in [5, 5.41) is 3.03. The molecule has 4 rings (SSSR count). The normalized spacial score (nSPS) is 19.1. The van der Waals surface area contributed by atoms with Crippen molar-refractivity contribution in [3.05, 3.63) is 74.7 Å². The van der Waals surface area contributed by atoms with Gasteiger partial charge in [-0.3, -0.25) is 14.5 Å². The first-order chi connectivity index (χ1) is 16.5. The van der Waals surface area contributed by atoms with Crippen LogP contribution in [0, 0.1) is 6.92 Å². The molecule has 0 bridgehead atoms. The lowest BCUT2D eigenvalue weighted by Crippen LogP contribution is -2.40. The number of aromatic nitrogens is 1. The van der Waals surface area contributed by atoms with E-state index in [1.165, 1.54) is 0 Å². The van der Waals surface area contributed by atoms with Crippen molar-refractivity contribution in [2.24, 2.45) is 0 Å². The number of nitrogens with one attached hydrogen (secondary N) is 2. The summed E-state index contributed by atoms with van der Waals surface area (Å²) in [7, 11) is 2.05. The van der Waals surface area contributed by atoms with Gasteiger partial charge >= 0.3 is 0 Å². The minimum absolute atomic E-state index is 0.139. The van der Waals surface area contributed by atoms with Gasteiger partial charge in [0.15, 0.2) is 0 Å². The smallest absolute Gasteiger partial charge is 0.253 e. The van der Waals surface area contributed by atoms with Crippen molar-refractivity contribution >= 4 is 11.6 Å². The van der Waals surface area contributed by atoms with Gasteiger partial charge in [-0.15, -0.1) is 0 Å². The lowest BCUT2D eigenvalue weighted by molar-refractivity contribution is 0.0845. The van der Waals surface area contributed by atoms with E-state index in [9.17, 15) is 9.59 Å². The lowest BCUT2D eigenvalue weighted by atomic mass is 9.97. The molecule has 0 unspecified atom stereocenters. The number of anilines is 1. The fourth-order valence-electron chi connectivity index (χ4n) is 5.09. The molecule has 0 radical (unpaired) electrons. The fourth-order valence-corrected chi connectivity index (χ4v) is 5.09. The fraction of sp³-hybridized carbons (Fsp3) is 0.481. The zero-order valence-corrected chi connectivity index (χ0v) is 20.5. The van der Waals surface area contributed by atoms with Crippen LogP contribution in [0.5, 0.6) is 0 Å². The number of benzene rings is 1. The second kappa shape index (κ2) is 11.0. The summed E-state index contributed by atoms with van der Waals surface area (Å²) in [6, 6.07) is 8.40. The second-order valence-corrected chi connectivity index (χ2v) is 9.27. The van der Waals surface area contributed by atoms with Gasteiger partial charge in [-0.1, -0.05) is 18.2 Å². The molecule has 2 aromatic rings. The Morgan fingerprint density at radius 1 is 1.15 bits per heavy atom. The SMILES string of the molecule is CCN(c1cccc2c1C/C=C\CN(C)Cc1cc(C)[nH]c(=O)c1CNC2=O)C1CCOCC1. The summed E-state index contributed by atoms with van der Waals surface area (Å²) in [5.41, 5.74) is 5.07. The van der Waals surface area contributed by atoms with Gasteiger partial charge < -0.3 is 19.9 Å². The highest BCUT2D eigenvalue weighted by atomic mass is 16.5. The largest absolute Gasteiger partial charge is 0.381 e. The van der Waals surface area contributed by atoms with Gasteiger partial charge in [-0.2, -0.15) is 0 Å². The Hall–Kier alpha value is -2.90. The van der Waals surface area contributed by atoms with Gasteiger partial charge in [0, 0.05) is 67.9 Å². The van der Waals surface area contributed by atoms with Crippen molar-refractivity contribution in [3.8, 4) is 0 Å². The van der Waals surface area contributed by atoms with E-state index in [-0.39, 0.29) is 18.0 Å². The van der Waals surface area contributed by atoms with E-state index in [2.05, 4.69) is 45.2 Å². The van der Waals surface area contributed by atoms with E-state index in [0.29, 0.717) is 30.1 Å². The summed E-state index contributed by atoms with van der Waals surface area (Å²) in [6.45, 7) is 8.09. The number of hydrogen-bond acceptors (Lipinski definition) is 5. The summed E-state index contributed by atoms with van der Waals surface area (Å²) in [6.07, 6.45) is 6.97. The zero-order valence-electron chi connectivity index (χ0n) is 20.5. The molecule has 1 saturated heterocycles. The Bertz CT molecular complexity index is 1100. The predicted molar refractivity (Wildman–Crippen MR) is 135 cm³/mol. The molecule has 1 amide bonds. The molecular weight excluding hydrogens is 428 g/mol. The Labute approximate surface area is 201 Å². The highest BCUT2D eigenvalue weighted by molar-refractivity contribution is 5.97. The van der Waals surface area contributed by atoms with Crippen LogP contribution in [0.2, 0.25) is 0 Å². The van der Waals surface area contributed by atoms with E-state index < -0.39 is 0 Å². The first-order valence-electron chi connectivity index (χ1n) is 12.3. The molecule has 3 heterocycles. The quantitative estimate of drug-likeness (QED) is 0.683. The van der Waals surface area contributed by atoms with Gasteiger partial charge in [-0.05, 0) is 69.5 Å². The maximum Gasteiger partial charge on any atom is 0.253 e. The molecule has 0 spiro atoms. The third kappa shape index (κ3) is 5.42. The Morgan fingerprint density at radius 2 is 1.94 bits per heavy atom. The van der Waals surface area contributed by atoms with Crippen LogP contribution >= 0.6 is 0 Å². The number of pyridine rings is 1. The van der Waals surface area contributed by atoms with Crippen molar-refractivity contribution < 1.29 is 9.53 Å². The zero-order chi connectivity index (χ0) is 24.1.